The van der Waals surface area contributed by atoms with Crippen LogP contribution in [-0.2, 0) is 11.2 Å². The first-order chi connectivity index (χ1) is 9.79. The van der Waals surface area contributed by atoms with E-state index in [9.17, 15) is 9.59 Å². The van der Waals surface area contributed by atoms with Crippen LogP contribution in [0.4, 0.5) is 0 Å². The van der Waals surface area contributed by atoms with Gasteiger partial charge in [0.15, 0.2) is 5.78 Å². The average Bonchev–Trinajstić information content (AvgIpc) is 2.86. The molecule has 1 aliphatic carbocycles. The van der Waals surface area contributed by atoms with Gasteiger partial charge in [0.1, 0.15) is 6.29 Å². The first-order valence-corrected chi connectivity index (χ1v) is 6.91. The minimum atomic E-state index is -0.0694. The average molecular weight is 264 g/mol. The van der Waals surface area contributed by atoms with Crippen LogP contribution in [0.1, 0.15) is 33.8 Å². The zero-order chi connectivity index (χ0) is 13.9. The van der Waals surface area contributed by atoms with Gasteiger partial charge in [-0.15, -0.1) is 0 Å². The largest absolute Gasteiger partial charge is 0.303 e. The molecule has 0 radical (unpaired) electrons. The molecule has 20 heavy (non-hydrogen) atoms. The van der Waals surface area contributed by atoms with Crippen LogP contribution >= 0.6 is 0 Å². The highest BCUT2D eigenvalue weighted by Crippen LogP contribution is 2.39. The summed E-state index contributed by atoms with van der Waals surface area (Å²) in [6, 6.07) is 17.4. The summed E-state index contributed by atoms with van der Waals surface area (Å²) in [7, 11) is 0. The summed E-state index contributed by atoms with van der Waals surface area (Å²) in [5.41, 5.74) is 3.09. The maximum absolute atomic E-state index is 12.4. The molecule has 2 nitrogen and oxygen atoms in total. The van der Waals surface area contributed by atoms with Gasteiger partial charge in [0.2, 0.25) is 0 Å². The Hall–Kier alpha value is -2.22. The zero-order valence-electron chi connectivity index (χ0n) is 11.2. The number of hydrogen-bond donors (Lipinski definition) is 0. The lowest BCUT2D eigenvalue weighted by Crippen LogP contribution is -2.14. The molecule has 0 saturated heterocycles. The topological polar surface area (TPSA) is 34.1 Å². The molecule has 2 aromatic rings. The second-order valence-electron chi connectivity index (χ2n) is 5.30. The van der Waals surface area contributed by atoms with Gasteiger partial charge >= 0.3 is 0 Å². The molecule has 0 bridgehead atoms. The lowest BCUT2D eigenvalue weighted by molar-refractivity contribution is -0.111. The molecule has 0 spiro atoms. The van der Waals surface area contributed by atoms with Crippen molar-refractivity contribution in [3.63, 3.8) is 0 Å². The number of carbonyl (C=O) groups is 2. The minimum absolute atomic E-state index is 0.0245. The van der Waals surface area contributed by atoms with Gasteiger partial charge < -0.3 is 4.79 Å². The van der Waals surface area contributed by atoms with E-state index in [-0.39, 0.29) is 17.6 Å². The molecule has 0 unspecified atom stereocenters. The van der Waals surface area contributed by atoms with Gasteiger partial charge in [-0.3, -0.25) is 4.79 Å². The first-order valence-electron chi connectivity index (χ1n) is 6.91. The summed E-state index contributed by atoms with van der Waals surface area (Å²) in [5, 5.41) is 0. The Morgan fingerprint density at radius 3 is 2.50 bits per heavy atom. The maximum atomic E-state index is 12.4. The van der Waals surface area contributed by atoms with Crippen molar-refractivity contribution in [2.75, 3.05) is 0 Å². The maximum Gasteiger partial charge on any atom is 0.163 e. The van der Waals surface area contributed by atoms with Crippen molar-refractivity contribution in [1.82, 2.24) is 0 Å². The van der Waals surface area contributed by atoms with Crippen molar-refractivity contribution in [2.45, 2.75) is 18.8 Å². The smallest absolute Gasteiger partial charge is 0.163 e. The van der Waals surface area contributed by atoms with Crippen LogP contribution in [-0.4, -0.2) is 12.1 Å². The van der Waals surface area contributed by atoms with Crippen molar-refractivity contribution < 1.29 is 9.59 Å². The number of ketones is 1. The predicted octanol–water partition coefficient (Wildman–Crippen LogP) is 3.41. The lowest BCUT2D eigenvalue weighted by atomic mass is 9.87. The van der Waals surface area contributed by atoms with Crippen LogP contribution in [0.15, 0.2) is 54.6 Å². The summed E-state index contributed by atoms with van der Waals surface area (Å²) < 4.78 is 0. The molecule has 0 fully saturated rings. The SMILES string of the molecule is O=C[C@@H]1Cc2ccccc2[C@H]1CC(=O)c1ccccc1. The molecule has 1 aliphatic rings. The Kier molecular flexibility index (Phi) is 3.46. The Balaban J connectivity index is 1.86. The Morgan fingerprint density at radius 2 is 1.75 bits per heavy atom. The summed E-state index contributed by atoms with van der Waals surface area (Å²) in [6.07, 6.45) is 2.17. The fraction of sp³-hybridized carbons (Fsp3) is 0.222. The van der Waals surface area contributed by atoms with E-state index in [2.05, 4.69) is 6.07 Å². The number of aldehydes is 1. The number of hydrogen-bond acceptors (Lipinski definition) is 2. The molecule has 0 aliphatic heterocycles. The number of Topliss-reactive ketones (excluding diaryl/α,β-unsaturated/α-hetero) is 1. The molecular weight excluding hydrogens is 248 g/mol. The van der Waals surface area contributed by atoms with Crippen LogP contribution in [0.25, 0.3) is 0 Å². The monoisotopic (exact) mass is 264 g/mol. The van der Waals surface area contributed by atoms with Crippen LogP contribution in [0, 0.1) is 5.92 Å². The highest BCUT2D eigenvalue weighted by atomic mass is 16.1. The van der Waals surface area contributed by atoms with Gasteiger partial charge in [0.05, 0.1) is 0 Å². The fourth-order valence-corrected chi connectivity index (χ4v) is 3.05. The van der Waals surface area contributed by atoms with Crippen molar-refractivity contribution in [2.24, 2.45) is 5.92 Å². The molecule has 2 atom stereocenters. The standard InChI is InChI=1S/C18H16O2/c19-12-15-10-14-8-4-5-9-16(14)17(15)11-18(20)13-6-2-1-3-7-13/h1-9,12,15,17H,10-11H2/t15-,17-/m0/s1. The third kappa shape index (κ3) is 2.29. The Bertz CT molecular complexity index is 631. The van der Waals surface area contributed by atoms with E-state index >= 15 is 0 Å². The van der Waals surface area contributed by atoms with Crippen molar-refractivity contribution in [1.29, 1.82) is 0 Å². The third-order valence-electron chi connectivity index (χ3n) is 4.10. The molecule has 0 aromatic heterocycles. The molecule has 0 amide bonds. The van der Waals surface area contributed by atoms with Crippen LogP contribution < -0.4 is 0 Å². The zero-order valence-corrected chi connectivity index (χ0v) is 11.2. The first kappa shape index (κ1) is 12.8. The van der Waals surface area contributed by atoms with Gasteiger partial charge in [0.25, 0.3) is 0 Å². The van der Waals surface area contributed by atoms with Gasteiger partial charge in [-0.2, -0.15) is 0 Å². The molecule has 0 N–H and O–H groups in total. The fourth-order valence-electron chi connectivity index (χ4n) is 3.05. The number of carbonyl (C=O) groups excluding carboxylic acids is 2. The quantitative estimate of drug-likeness (QED) is 0.626. The molecule has 100 valence electrons. The highest BCUT2D eigenvalue weighted by molar-refractivity contribution is 5.96. The van der Waals surface area contributed by atoms with Crippen molar-refractivity contribution in [3.05, 3.63) is 71.3 Å². The van der Waals surface area contributed by atoms with E-state index in [0.29, 0.717) is 6.42 Å². The van der Waals surface area contributed by atoms with E-state index in [4.69, 9.17) is 0 Å². The second kappa shape index (κ2) is 5.41. The van der Waals surface area contributed by atoms with Crippen LogP contribution in [0.2, 0.25) is 0 Å². The Labute approximate surface area is 118 Å². The molecule has 2 aromatic carbocycles. The van der Waals surface area contributed by atoms with Gasteiger partial charge in [-0.25, -0.2) is 0 Å². The summed E-state index contributed by atoms with van der Waals surface area (Å²) in [4.78, 5) is 23.6. The summed E-state index contributed by atoms with van der Waals surface area (Å²) >= 11 is 0. The van der Waals surface area contributed by atoms with Crippen molar-refractivity contribution in [3.8, 4) is 0 Å². The Morgan fingerprint density at radius 1 is 1.05 bits per heavy atom. The van der Waals surface area contributed by atoms with E-state index in [1.54, 1.807) is 0 Å². The highest BCUT2D eigenvalue weighted by Gasteiger charge is 2.33. The molecule has 2 heteroatoms. The number of fused-ring (bicyclic) bond motifs is 1. The van der Waals surface area contributed by atoms with Crippen LogP contribution in [0.5, 0.6) is 0 Å². The molecular formula is C18H16O2. The molecule has 3 rings (SSSR count). The van der Waals surface area contributed by atoms with E-state index in [0.717, 1.165) is 23.8 Å². The van der Waals surface area contributed by atoms with Crippen molar-refractivity contribution >= 4 is 12.1 Å². The molecule has 0 heterocycles. The van der Waals surface area contributed by atoms with Gasteiger partial charge in [-0.1, -0.05) is 54.6 Å². The summed E-state index contributed by atoms with van der Waals surface area (Å²) in [5.74, 6) is 0.0654. The van der Waals surface area contributed by atoms with E-state index in [1.807, 2.05) is 48.5 Å². The van der Waals surface area contributed by atoms with E-state index in [1.165, 1.54) is 5.56 Å². The van der Waals surface area contributed by atoms with Gasteiger partial charge in [-0.05, 0) is 17.5 Å². The minimum Gasteiger partial charge on any atom is -0.303 e. The number of benzene rings is 2. The third-order valence-corrected chi connectivity index (χ3v) is 4.10. The second-order valence-corrected chi connectivity index (χ2v) is 5.30. The van der Waals surface area contributed by atoms with Crippen LogP contribution in [0.3, 0.4) is 0 Å². The van der Waals surface area contributed by atoms with E-state index < -0.39 is 0 Å². The lowest BCUT2D eigenvalue weighted by Gasteiger charge is -2.15. The predicted molar refractivity (Wildman–Crippen MR) is 77.8 cm³/mol. The van der Waals surface area contributed by atoms with Gasteiger partial charge in [0, 0.05) is 23.8 Å². The summed E-state index contributed by atoms with van der Waals surface area (Å²) in [6.45, 7) is 0. The molecule has 0 saturated carbocycles. The normalized spacial score (nSPS) is 20.4. The number of rotatable bonds is 4.